The van der Waals surface area contributed by atoms with Crippen molar-refractivity contribution in [3.05, 3.63) is 29.5 Å². The fraction of sp³-hybridized carbons (Fsp3) is 0.364. The molecule has 24 heavy (non-hydrogen) atoms. The second-order valence-electron chi connectivity index (χ2n) is 5.21. The van der Waals surface area contributed by atoms with E-state index in [0.717, 1.165) is 11.5 Å². The molecule has 13 heteroatoms. The van der Waals surface area contributed by atoms with Crippen molar-refractivity contribution in [3.63, 3.8) is 0 Å². The van der Waals surface area contributed by atoms with Crippen LogP contribution in [0.1, 0.15) is 0 Å². The molecule has 0 N–H and O–H groups in total. The number of hydrogen-bond acceptors (Lipinski definition) is 2. The second kappa shape index (κ2) is 5.47. The van der Waals surface area contributed by atoms with Crippen LogP contribution in [0.3, 0.4) is 0 Å². The molecule has 0 radical (unpaired) electrons. The SMILES string of the molecule is CN(C)C(n1n[n+]([O-])c2ccccc21)=[N+](C)C.F[P-](F)(F)(F)(F)F. The van der Waals surface area contributed by atoms with E-state index >= 15 is 0 Å². The second-order valence-corrected chi connectivity index (χ2v) is 7.13. The normalized spacial score (nSPS) is 14.2. The molecule has 1 aromatic carbocycles. The average Bonchev–Trinajstić information content (AvgIpc) is 2.63. The van der Waals surface area contributed by atoms with Crippen molar-refractivity contribution in [2.45, 2.75) is 0 Å². The number of nitrogens with zero attached hydrogens (tertiary/aromatic N) is 5. The molecule has 0 aliphatic heterocycles. The van der Waals surface area contributed by atoms with Gasteiger partial charge in [-0.25, -0.2) is 0 Å². The molecule has 1 heterocycles. The van der Waals surface area contributed by atoms with Crippen LogP contribution in [0.2, 0.25) is 0 Å². The van der Waals surface area contributed by atoms with Crippen molar-refractivity contribution >= 4 is 24.8 Å². The maximum atomic E-state index is 11.7. The molecular formula is C11H16F6N5OP. The Hall–Kier alpha value is -2.10. The van der Waals surface area contributed by atoms with Crippen molar-refractivity contribution < 1.29 is 34.6 Å². The van der Waals surface area contributed by atoms with Gasteiger partial charge in [-0.1, -0.05) is 16.8 Å². The van der Waals surface area contributed by atoms with Gasteiger partial charge < -0.3 is 5.21 Å². The quantitative estimate of drug-likeness (QED) is 0.177. The first kappa shape index (κ1) is 19.9. The molecule has 6 nitrogen and oxygen atoms in total. The molecule has 0 unspecified atom stereocenters. The summed E-state index contributed by atoms with van der Waals surface area (Å²) >= 11 is 0. The summed E-state index contributed by atoms with van der Waals surface area (Å²) in [5, 5.41) is 15.7. The summed E-state index contributed by atoms with van der Waals surface area (Å²) in [6, 6.07) is 7.36. The number of rotatable bonds is 0. The Balaban J connectivity index is 0.000000351. The van der Waals surface area contributed by atoms with Crippen LogP contribution < -0.4 is 4.85 Å². The molecule has 2 rings (SSSR count). The molecule has 0 spiro atoms. The van der Waals surface area contributed by atoms with Crippen LogP contribution in [0.4, 0.5) is 25.2 Å². The Labute approximate surface area is 133 Å². The minimum absolute atomic E-state index is 0.564. The van der Waals surface area contributed by atoms with Crippen LogP contribution in [0.25, 0.3) is 11.0 Å². The third-order valence-corrected chi connectivity index (χ3v) is 2.48. The number of benzene rings is 1. The van der Waals surface area contributed by atoms with E-state index in [1.54, 1.807) is 10.7 Å². The van der Waals surface area contributed by atoms with Crippen LogP contribution in [-0.4, -0.2) is 53.5 Å². The van der Waals surface area contributed by atoms with Crippen molar-refractivity contribution in [1.29, 1.82) is 0 Å². The summed E-state index contributed by atoms with van der Waals surface area (Å²) in [7, 11) is -2.99. The number of para-hydroxylation sites is 2. The Morgan fingerprint density at radius 3 is 2.00 bits per heavy atom. The zero-order valence-corrected chi connectivity index (χ0v) is 14.1. The van der Waals surface area contributed by atoms with Crippen molar-refractivity contribution in [2.24, 2.45) is 0 Å². The monoisotopic (exact) mass is 379 g/mol. The molecule has 0 saturated heterocycles. The molecule has 0 saturated carbocycles. The van der Waals surface area contributed by atoms with Gasteiger partial charge in [0.05, 0.1) is 33.4 Å². The van der Waals surface area contributed by atoms with Crippen molar-refractivity contribution in [1.82, 2.24) is 14.8 Å². The van der Waals surface area contributed by atoms with E-state index in [9.17, 15) is 30.4 Å². The Kier molecular flexibility index (Phi) is 4.55. The van der Waals surface area contributed by atoms with E-state index in [2.05, 4.69) is 5.21 Å². The third-order valence-electron chi connectivity index (χ3n) is 2.48. The van der Waals surface area contributed by atoms with E-state index in [1.165, 1.54) is 0 Å². The molecule has 0 aliphatic rings. The van der Waals surface area contributed by atoms with Gasteiger partial charge in [-0.05, 0) is 12.1 Å². The number of hydrogen-bond donors (Lipinski definition) is 0. The first-order valence-corrected chi connectivity index (χ1v) is 8.36. The fourth-order valence-corrected chi connectivity index (χ4v) is 1.91. The first-order chi connectivity index (χ1) is 10.5. The summed E-state index contributed by atoms with van der Waals surface area (Å²) in [6.07, 6.45) is 0. The summed E-state index contributed by atoms with van der Waals surface area (Å²) < 4.78 is 62.8. The number of fused-ring (bicyclic) bond motifs is 1. The number of aromatic nitrogens is 3. The molecule has 0 fully saturated rings. The maximum absolute atomic E-state index is 11.7. The van der Waals surface area contributed by atoms with Crippen LogP contribution in [0.5, 0.6) is 0 Å². The Bertz CT molecular complexity index is 768. The van der Waals surface area contributed by atoms with Gasteiger partial charge in [-0.2, -0.15) is 0 Å². The van der Waals surface area contributed by atoms with Crippen molar-refractivity contribution in [2.75, 3.05) is 28.2 Å². The molecule has 1 aromatic heterocycles. The van der Waals surface area contributed by atoms with Gasteiger partial charge in [0.2, 0.25) is 0 Å². The standard InChI is InChI=1S/C11H16N5O.F6P/c1-13(2)11(14(3)4)15-9-7-5-6-8-10(9)16(17)12-15;1-7(2,3,4,5)6/h5-8H,1-4H3;/q+1;-1. The minimum atomic E-state index is -10.7. The average molecular weight is 379 g/mol. The van der Waals surface area contributed by atoms with E-state index < -0.39 is 7.81 Å². The molecule has 0 atom stereocenters. The van der Waals surface area contributed by atoms with Crippen LogP contribution in [0.15, 0.2) is 24.3 Å². The molecule has 2 aromatic rings. The predicted octanol–water partition coefficient (Wildman–Crippen LogP) is 3.09. The summed E-state index contributed by atoms with van der Waals surface area (Å²) in [6.45, 7) is 0. The van der Waals surface area contributed by atoms with Crippen LogP contribution in [0, 0.1) is 5.21 Å². The Morgan fingerprint density at radius 1 is 1.12 bits per heavy atom. The van der Waals surface area contributed by atoms with Gasteiger partial charge in [0.15, 0.2) is 11.0 Å². The predicted molar refractivity (Wildman–Crippen MR) is 78.5 cm³/mol. The van der Waals surface area contributed by atoms with Crippen LogP contribution in [-0.2, 0) is 0 Å². The van der Waals surface area contributed by atoms with E-state index in [4.69, 9.17) is 0 Å². The Morgan fingerprint density at radius 2 is 1.58 bits per heavy atom. The molecule has 138 valence electrons. The van der Waals surface area contributed by atoms with Gasteiger partial charge in [0.25, 0.3) is 0 Å². The fourth-order valence-electron chi connectivity index (χ4n) is 1.91. The van der Waals surface area contributed by atoms with Crippen molar-refractivity contribution in [3.8, 4) is 0 Å². The molecule has 0 bridgehead atoms. The molecular weight excluding hydrogens is 363 g/mol. The topological polar surface area (TPSA) is 51.0 Å². The first-order valence-electron chi connectivity index (χ1n) is 6.33. The van der Waals surface area contributed by atoms with E-state index in [1.807, 2.05) is 55.9 Å². The molecule has 0 amide bonds. The van der Waals surface area contributed by atoms with Gasteiger partial charge in [-0.3, -0.25) is 9.48 Å². The summed E-state index contributed by atoms with van der Waals surface area (Å²) in [5.74, 6) is 0.829. The zero-order chi connectivity index (χ0) is 19.0. The van der Waals surface area contributed by atoms with Crippen LogP contribution >= 0.6 is 7.81 Å². The van der Waals surface area contributed by atoms with Gasteiger partial charge in [0, 0.05) is 0 Å². The zero-order valence-electron chi connectivity index (χ0n) is 13.2. The van der Waals surface area contributed by atoms with Gasteiger partial charge >= 0.3 is 38.9 Å². The third kappa shape index (κ3) is 6.57. The summed E-state index contributed by atoms with van der Waals surface area (Å²) in [5.41, 5.74) is 1.36. The van der Waals surface area contributed by atoms with E-state index in [-0.39, 0.29) is 0 Å². The van der Waals surface area contributed by atoms with E-state index in [0.29, 0.717) is 10.4 Å². The van der Waals surface area contributed by atoms with Gasteiger partial charge in [0.1, 0.15) is 0 Å². The summed E-state index contributed by atoms with van der Waals surface area (Å²) in [4.78, 5) is 2.56. The molecule has 0 aliphatic carbocycles. The van der Waals surface area contributed by atoms with Gasteiger partial charge in [-0.15, -0.1) is 4.85 Å². The number of halogens is 6.